The maximum atomic E-state index is 12.2. The average Bonchev–Trinajstić information content (AvgIpc) is 3.23. The number of amides is 2. The van der Waals surface area contributed by atoms with E-state index in [1.807, 2.05) is 12.1 Å². The van der Waals surface area contributed by atoms with Crippen LogP contribution in [0.4, 0.5) is 5.69 Å². The lowest BCUT2D eigenvalue weighted by Gasteiger charge is -2.06. The van der Waals surface area contributed by atoms with Crippen LogP contribution in [0.15, 0.2) is 77.9 Å². The normalized spacial score (nSPS) is 12.0. The van der Waals surface area contributed by atoms with E-state index in [1.165, 1.54) is 6.21 Å². The van der Waals surface area contributed by atoms with E-state index in [-0.39, 0.29) is 18.6 Å². The van der Waals surface area contributed by atoms with E-state index in [4.69, 9.17) is 9.47 Å². The van der Waals surface area contributed by atoms with Gasteiger partial charge < -0.3 is 14.8 Å². The highest BCUT2D eigenvalue weighted by atomic mass is 16.7. The van der Waals surface area contributed by atoms with Crippen molar-refractivity contribution in [2.24, 2.45) is 5.10 Å². The summed E-state index contributed by atoms with van der Waals surface area (Å²) in [5.74, 6) is 0.762. The van der Waals surface area contributed by atoms with Crippen molar-refractivity contribution in [1.29, 1.82) is 0 Å². The predicted octanol–water partition coefficient (Wildman–Crippen LogP) is 3.43. The second-order valence-electron chi connectivity index (χ2n) is 6.21. The number of hydrazone groups is 1. The monoisotopic (exact) mass is 387 g/mol. The van der Waals surface area contributed by atoms with Crippen molar-refractivity contribution in [3.05, 3.63) is 89.5 Å². The maximum absolute atomic E-state index is 12.2. The van der Waals surface area contributed by atoms with Crippen LogP contribution >= 0.6 is 0 Å². The van der Waals surface area contributed by atoms with E-state index >= 15 is 0 Å². The highest BCUT2D eigenvalue weighted by Crippen LogP contribution is 2.31. The van der Waals surface area contributed by atoms with Gasteiger partial charge in [-0.15, -0.1) is 0 Å². The highest BCUT2D eigenvalue weighted by Gasteiger charge is 2.12. The average molecular weight is 387 g/mol. The Morgan fingerprint density at radius 2 is 1.55 bits per heavy atom. The van der Waals surface area contributed by atoms with E-state index in [2.05, 4.69) is 15.8 Å². The zero-order chi connectivity index (χ0) is 20.1. The smallest absolute Gasteiger partial charge is 0.271 e. The number of rotatable bonds is 5. The number of nitrogens with zero attached hydrogens (tertiary/aromatic N) is 1. The first-order valence-electron chi connectivity index (χ1n) is 8.88. The first-order chi connectivity index (χ1) is 14.2. The number of nitrogens with one attached hydrogen (secondary N) is 2. The van der Waals surface area contributed by atoms with Gasteiger partial charge in [-0.25, -0.2) is 5.43 Å². The van der Waals surface area contributed by atoms with Crippen molar-refractivity contribution < 1.29 is 19.1 Å². The Bertz CT molecular complexity index is 1060. The van der Waals surface area contributed by atoms with Crippen LogP contribution in [0, 0.1) is 0 Å². The molecule has 3 aromatic carbocycles. The van der Waals surface area contributed by atoms with E-state index in [9.17, 15) is 9.59 Å². The fourth-order valence-corrected chi connectivity index (χ4v) is 2.72. The van der Waals surface area contributed by atoms with Crippen LogP contribution in [0.3, 0.4) is 0 Å². The molecular formula is C22H17N3O4. The van der Waals surface area contributed by atoms with Gasteiger partial charge in [0, 0.05) is 16.8 Å². The molecule has 4 rings (SSSR count). The number of carbonyl (C=O) groups excluding carboxylic acids is 2. The molecule has 0 aromatic heterocycles. The van der Waals surface area contributed by atoms with Crippen molar-refractivity contribution in [3.63, 3.8) is 0 Å². The molecule has 0 atom stereocenters. The summed E-state index contributed by atoms with van der Waals surface area (Å²) in [6.07, 6.45) is 1.52. The zero-order valence-corrected chi connectivity index (χ0v) is 15.3. The number of carbonyl (C=O) groups is 2. The summed E-state index contributed by atoms with van der Waals surface area (Å²) in [6.45, 7) is 0.203. The Labute approximate surface area is 167 Å². The lowest BCUT2D eigenvalue weighted by Crippen LogP contribution is -2.17. The standard InChI is InChI=1S/C22H17N3O4/c26-21(16-4-2-1-3-5-16)24-18-9-7-17(8-10-18)22(27)25-23-13-15-6-11-19-20(12-15)29-14-28-19/h1-13H,14H2,(H,24,26)(H,25,27)/b23-13+. The van der Waals surface area contributed by atoms with Crippen molar-refractivity contribution in [1.82, 2.24) is 5.43 Å². The Hall–Kier alpha value is -4.13. The topological polar surface area (TPSA) is 89.0 Å². The van der Waals surface area contributed by atoms with Gasteiger partial charge in [0.05, 0.1) is 6.21 Å². The Balaban J connectivity index is 1.34. The van der Waals surface area contributed by atoms with Gasteiger partial charge in [0.15, 0.2) is 11.5 Å². The lowest BCUT2D eigenvalue weighted by atomic mass is 10.1. The second kappa shape index (κ2) is 8.26. The molecule has 2 N–H and O–H groups in total. The number of hydrogen-bond acceptors (Lipinski definition) is 5. The van der Waals surface area contributed by atoms with E-state index < -0.39 is 0 Å². The van der Waals surface area contributed by atoms with Crippen molar-refractivity contribution >= 4 is 23.7 Å². The van der Waals surface area contributed by atoms with Crippen LogP contribution in [-0.4, -0.2) is 24.8 Å². The van der Waals surface area contributed by atoms with Crippen LogP contribution < -0.4 is 20.2 Å². The number of anilines is 1. The largest absolute Gasteiger partial charge is 0.454 e. The van der Waals surface area contributed by atoms with Gasteiger partial charge in [-0.1, -0.05) is 18.2 Å². The molecule has 144 valence electrons. The summed E-state index contributed by atoms with van der Waals surface area (Å²) in [4.78, 5) is 24.4. The van der Waals surface area contributed by atoms with Gasteiger partial charge in [0.2, 0.25) is 6.79 Å². The van der Waals surface area contributed by atoms with Gasteiger partial charge in [-0.05, 0) is 60.2 Å². The Morgan fingerprint density at radius 3 is 2.34 bits per heavy atom. The van der Waals surface area contributed by atoms with E-state index in [1.54, 1.807) is 60.7 Å². The molecule has 0 unspecified atom stereocenters. The molecular weight excluding hydrogens is 370 g/mol. The minimum atomic E-state index is -0.358. The summed E-state index contributed by atoms with van der Waals surface area (Å²) in [5.41, 5.74) is 4.82. The molecule has 1 aliphatic rings. The molecule has 7 heteroatoms. The van der Waals surface area contributed by atoms with Crippen molar-refractivity contribution in [2.45, 2.75) is 0 Å². The number of benzene rings is 3. The van der Waals surface area contributed by atoms with Crippen LogP contribution in [0.5, 0.6) is 11.5 Å². The first kappa shape index (κ1) is 18.2. The fourth-order valence-electron chi connectivity index (χ4n) is 2.72. The molecule has 29 heavy (non-hydrogen) atoms. The molecule has 0 aliphatic carbocycles. The first-order valence-corrected chi connectivity index (χ1v) is 8.88. The minimum absolute atomic E-state index is 0.203. The van der Waals surface area contributed by atoms with Crippen molar-refractivity contribution in [2.75, 3.05) is 12.1 Å². The van der Waals surface area contributed by atoms with E-state index in [0.29, 0.717) is 28.3 Å². The van der Waals surface area contributed by atoms with Gasteiger partial charge in [-0.3, -0.25) is 9.59 Å². The zero-order valence-electron chi connectivity index (χ0n) is 15.3. The van der Waals surface area contributed by atoms with Crippen LogP contribution in [-0.2, 0) is 0 Å². The number of ether oxygens (including phenoxy) is 2. The second-order valence-corrected chi connectivity index (χ2v) is 6.21. The Morgan fingerprint density at radius 1 is 0.828 bits per heavy atom. The Kier molecular flexibility index (Phi) is 5.20. The van der Waals surface area contributed by atoms with Crippen LogP contribution in [0.25, 0.3) is 0 Å². The minimum Gasteiger partial charge on any atom is -0.454 e. The summed E-state index contributed by atoms with van der Waals surface area (Å²) < 4.78 is 10.6. The third-order valence-corrected chi connectivity index (χ3v) is 4.22. The summed E-state index contributed by atoms with van der Waals surface area (Å²) in [7, 11) is 0. The SMILES string of the molecule is O=C(N/N=C/c1ccc2c(c1)OCO2)c1ccc(NC(=O)c2ccccc2)cc1. The quantitative estimate of drug-likeness (QED) is 0.519. The fraction of sp³-hybridized carbons (Fsp3) is 0.0455. The molecule has 0 saturated heterocycles. The number of fused-ring (bicyclic) bond motifs is 1. The number of hydrogen-bond donors (Lipinski definition) is 2. The lowest BCUT2D eigenvalue weighted by molar-refractivity contribution is 0.0954. The molecule has 2 amide bonds. The summed E-state index contributed by atoms with van der Waals surface area (Å²) in [5, 5.41) is 6.75. The van der Waals surface area contributed by atoms with Crippen molar-refractivity contribution in [3.8, 4) is 11.5 Å². The van der Waals surface area contributed by atoms with Gasteiger partial charge in [0.1, 0.15) is 0 Å². The van der Waals surface area contributed by atoms with E-state index in [0.717, 1.165) is 5.56 Å². The molecule has 3 aromatic rings. The molecule has 7 nitrogen and oxygen atoms in total. The molecule has 0 saturated carbocycles. The van der Waals surface area contributed by atoms with Crippen LogP contribution in [0.1, 0.15) is 26.3 Å². The molecule has 0 fully saturated rings. The third-order valence-electron chi connectivity index (χ3n) is 4.22. The molecule has 1 aliphatic heterocycles. The third kappa shape index (κ3) is 4.41. The van der Waals surface area contributed by atoms with Gasteiger partial charge in [0.25, 0.3) is 11.8 Å². The molecule has 0 radical (unpaired) electrons. The summed E-state index contributed by atoms with van der Waals surface area (Å²) in [6, 6.07) is 20.8. The summed E-state index contributed by atoms with van der Waals surface area (Å²) >= 11 is 0. The highest BCUT2D eigenvalue weighted by molar-refractivity contribution is 6.04. The van der Waals surface area contributed by atoms with Gasteiger partial charge in [-0.2, -0.15) is 5.10 Å². The van der Waals surface area contributed by atoms with Crippen LogP contribution in [0.2, 0.25) is 0 Å². The van der Waals surface area contributed by atoms with Gasteiger partial charge >= 0.3 is 0 Å². The molecule has 0 bridgehead atoms. The molecule has 1 heterocycles. The molecule has 0 spiro atoms. The maximum Gasteiger partial charge on any atom is 0.271 e. The predicted molar refractivity (Wildman–Crippen MR) is 108 cm³/mol.